The Balaban J connectivity index is 2.29. The van der Waals surface area contributed by atoms with Gasteiger partial charge in [-0.25, -0.2) is 0 Å². The summed E-state index contributed by atoms with van der Waals surface area (Å²) in [4.78, 5) is 11.4. The summed E-state index contributed by atoms with van der Waals surface area (Å²) < 4.78 is 0. The summed E-state index contributed by atoms with van der Waals surface area (Å²) in [6.45, 7) is 6.08. The molecule has 20 heavy (non-hydrogen) atoms. The van der Waals surface area contributed by atoms with Crippen molar-refractivity contribution in [3.63, 3.8) is 0 Å². The van der Waals surface area contributed by atoms with E-state index in [1.807, 2.05) is 44.1 Å². The molecule has 4 nitrogen and oxygen atoms in total. The van der Waals surface area contributed by atoms with Gasteiger partial charge in [0.15, 0.2) is 0 Å². The Morgan fingerprint density at radius 2 is 2.10 bits per heavy atom. The van der Waals surface area contributed by atoms with Crippen LogP contribution in [0.3, 0.4) is 0 Å². The number of carboxylic acids is 1. The molecular weight excluding hydrogens is 252 g/mol. The third-order valence-corrected chi connectivity index (χ3v) is 4.09. The molecule has 1 fully saturated rings. The number of hydrogen-bond donors (Lipinski definition) is 1. The van der Waals surface area contributed by atoms with Gasteiger partial charge < -0.3 is 5.11 Å². The van der Waals surface area contributed by atoms with Crippen LogP contribution in [0.4, 0.5) is 5.69 Å². The van der Waals surface area contributed by atoms with Gasteiger partial charge in [0.25, 0.3) is 0 Å². The number of hydrazone groups is 1. The molecular formula is C16H22N2O2. The fourth-order valence-electron chi connectivity index (χ4n) is 2.45. The summed E-state index contributed by atoms with van der Waals surface area (Å²) in [6.07, 6.45) is 2.40. The molecule has 1 saturated carbocycles. The fraction of sp³-hybridized carbons (Fsp3) is 0.500. The van der Waals surface area contributed by atoms with E-state index in [1.54, 1.807) is 0 Å². The average molecular weight is 274 g/mol. The van der Waals surface area contributed by atoms with Crippen molar-refractivity contribution < 1.29 is 9.90 Å². The Bertz CT molecular complexity index is 560. The quantitative estimate of drug-likeness (QED) is 0.662. The van der Waals surface area contributed by atoms with Crippen molar-refractivity contribution in [2.24, 2.45) is 5.10 Å². The SMILES string of the molecule is CC/C(C)=N\N(C)c1ccc(C2(C(=O)O)CC2)cc1C. The van der Waals surface area contributed by atoms with Gasteiger partial charge in [0, 0.05) is 12.8 Å². The maximum atomic E-state index is 11.4. The highest BCUT2D eigenvalue weighted by atomic mass is 16.4. The first-order valence-corrected chi connectivity index (χ1v) is 7.03. The second-order valence-corrected chi connectivity index (χ2v) is 5.60. The molecule has 0 aliphatic heterocycles. The van der Waals surface area contributed by atoms with Crippen molar-refractivity contribution in [2.45, 2.75) is 45.4 Å². The average Bonchev–Trinajstić information content (AvgIpc) is 3.19. The number of anilines is 1. The zero-order valence-electron chi connectivity index (χ0n) is 12.6. The van der Waals surface area contributed by atoms with Crippen LogP contribution >= 0.6 is 0 Å². The van der Waals surface area contributed by atoms with Crippen molar-refractivity contribution >= 4 is 17.4 Å². The largest absolute Gasteiger partial charge is 0.481 e. The first-order chi connectivity index (χ1) is 9.40. The van der Waals surface area contributed by atoms with Gasteiger partial charge in [0.2, 0.25) is 0 Å². The molecule has 1 aromatic carbocycles. The normalized spacial score (nSPS) is 16.9. The molecule has 0 saturated heterocycles. The summed E-state index contributed by atoms with van der Waals surface area (Å²) in [6, 6.07) is 5.89. The molecule has 0 heterocycles. The number of aryl methyl sites for hydroxylation is 1. The molecule has 0 unspecified atom stereocenters. The van der Waals surface area contributed by atoms with E-state index in [0.29, 0.717) is 0 Å². The third-order valence-electron chi connectivity index (χ3n) is 4.09. The second-order valence-electron chi connectivity index (χ2n) is 5.60. The molecule has 0 atom stereocenters. The van der Waals surface area contributed by atoms with E-state index in [2.05, 4.69) is 12.0 Å². The van der Waals surface area contributed by atoms with Crippen molar-refractivity contribution in [1.82, 2.24) is 0 Å². The molecule has 4 heteroatoms. The second kappa shape index (κ2) is 5.27. The third kappa shape index (κ3) is 2.55. The molecule has 2 rings (SSSR count). The lowest BCUT2D eigenvalue weighted by Crippen LogP contribution is -2.20. The monoisotopic (exact) mass is 274 g/mol. The van der Waals surface area contributed by atoms with Crippen LogP contribution in [0.15, 0.2) is 23.3 Å². The van der Waals surface area contributed by atoms with E-state index >= 15 is 0 Å². The highest BCUT2D eigenvalue weighted by Gasteiger charge is 2.51. The van der Waals surface area contributed by atoms with Crippen LogP contribution < -0.4 is 5.01 Å². The van der Waals surface area contributed by atoms with Crippen LogP contribution in [0.2, 0.25) is 0 Å². The number of aliphatic carboxylic acids is 1. The number of nitrogens with zero attached hydrogens (tertiary/aromatic N) is 2. The fourth-order valence-corrected chi connectivity index (χ4v) is 2.45. The lowest BCUT2D eigenvalue weighted by molar-refractivity contribution is -0.140. The summed E-state index contributed by atoms with van der Waals surface area (Å²) in [5, 5.41) is 15.7. The smallest absolute Gasteiger partial charge is 0.314 e. The van der Waals surface area contributed by atoms with Crippen molar-refractivity contribution in [3.05, 3.63) is 29.3 Å². The van der Waals surface area contributed by atoms with Crippen LogP contribution in [0, 0.1) is 6.92 Å². The van der Waals surface area contributed by atoms with Crippen LogP contribution in [-0.4, -0.2) is 23.8 Å². The van der Waals surface area contributed by atoms with Gasteiger partial charge in [0.05, 0.1) is 11.1 Å². The summed E-state index contributed by atoms with van der Waals surface area (Å²) in [5.74, 6) is -0.710. The molecule has 0 aromatic heterocycles. The molecule has 1 aliphatic carbocycles. The molecule has 1 N–H and O–H groups in total. The van der Waals surface area contributed by atoms with Gasteiger partial charge >= 0.3 is 5.97 Å². The van der Waals surface area contributed by atoms with Crippen molar-refractivity contribution in [1.29, 1.82) is 0 Å². The molecule has 0 bridgehead atoms. The number of carboxylic acid groups (broad SMARTS) is 1. The summed E-state index contributed by atoms with van der Waals surface area (Å²) >= 11 is 0. The van der Waals surface area contributed by atoms with E-state index in [1.165, 1.54) is 0 Å². The van der Waals surface area contributed by atoms with Gasteiger partial charge in [-0.15, -0.1) is 0 Å². The number of rotatable bonds is 5. The Morgan fingerprint density at radius 1 is 1.45 bits per heavy atom. The van der Waals surface area contributed by atoms with Crippen molar-refractivity contribution in [3.8, 4) is 0 Å². The van der Waals surface area contributed by atoms with Crippen LogP contribution in [0.1, 0.15) is 44.2 Å². The van der Waals surface area contributed by atoms with E-state index in [-0.39, 0.29) is 0 Å². The van der Waals surface area contributed by atoms with E-state index in [0.717, 1.165) is 41.8 Å². The highest BCUT2D eigenvalue weighted by molar-refractivity contribution is 5.85. The zero-order chi connectivity index (χ0) is 14.9. The summed E-state index contributed by atoms with van der Waals surface area (Å²) in [5.41, 5.74) is 3.42. The van der Waals surface area contributed by atoms with Crippen molar-refractivity contribution in [2.75, 3.05) is 12.1 Å². The molecule has 0 radical (unpaired) electrons. The topological polar surface area (TPSA) is 52.9 Å². The lowest BCUT2D eigenvalue weighted by Gasteiger charge is -2.19. The standard InChI is InChI=1S/C16H22N2O2/c1-5-12(3)17-18(4)14-7-6-13(10-11(14)2)16(8-9-16)15(19)20/h6-7,10H,5,8-9H2,1-4H3,(H,19,20)/b17-12-. The predicted octanol–water partition coefficient (Wildman–Crippen LogP) is 3.33. The minimum atomic E-state index is -0.710. The van der Waals surface area contributed by atoms with Gasteiger partial charge in [-0.1, -0.05) is 19.1 Å². The van der Waals surface area contributed by atoms with Gasteiger partial charge in [0.1, 0.15) is 0 Å². The number of benzene rings is 1. The maximum Gasteiger partial charge on any atom is 0.314 e. The molecule has 0 spiro atoms. The molecule has 1 aromatic rings. The first kappa shape index (κ1) is 14.6. The lowest BCUT2D eigenvalue weighted by atomic mass is 9.94. The van der Waals surface area contributed by atoms with Gasteiger partial charge in [-0.2, -0.15) is 5.10 Å². The Kier molecular flexibility index (Phi) is 3.84. The minimum absolute atomic E-state index is 0.634. The molecule has 1 aliphatic rings. The zero-order valence-corrected chi connectivity index (χ0v) is 12.6. The first-order valence-electron chi connectivity index (χ1n) is 7.03. The van der Waals surface area contributed by atoms with Crippen LogP contribution in [-0.2, 0) is 10.2 Å². The molecule has 108 valence electrons. The Labute approximate surface area is 120 Å². The number of hydrogen-bond acceptors (Lipinski definition) is 3. The minimum Gasteiger partial charge on any atom is -0.481 e. The molecule has 0 amide bonds. The van der Waals surface area contributed by atoms with E-state index in [4.69, 9.17) is 0 Å². The van der Waals surface area contributed by atoms with Gasteiger partial charge in [-0.05, 0) is 50.3 Å². The van der Waals surface area contributed by atoms with Gasteiger partial charge in [-0.3, -0.25) is 9.80 Å². The number of carbonyl (C=O) groups is 1. The Hall–Kier alpha value is -1.84. The Morgan fingerprint density at radius 3 is 2.55 bits per heavy atom. The highest BCUT2D eigenvalue weighted by Crippen LogP contribution is 2.49. The van der Waals surface area contributed by atoms with E-state index in [9.17, 15) is 9.90 Å². The summed E-state index contributed by atoms with van der Waals surface area (Å²) in [7, 11) is 1.92. The maximum absolute atomic E-state index is 11.4. The predicted molar refractivity (Wildman–Crippen MR) is 81.5 cm³/mol. The van der Waals surface area contributed by atoms with E-state index < -0.39 is 11.4 Å². The van der Waals surface area contributed by atoms with Crippen LogP contribution in [0.25, 0.3) is 0 Å². The van der Waals surface area contributed by atoms with Crippen LogP contribution in [0.5, 0.6) is 0 Å².